The molecule has 66 valence electrons. The van der Waals surface area contributed by atoms with E-state index in [2.05, 4.69) is 16.1 Å². The van der Waals surface area contributed by atoms with Crippen LogP contribution < -0.4 is 0 Å². The second kappa shape index (κ2) is 3.73. The van der Waals surface area contributed by atoms with Gasteiger partial charge in [-0.3, -0.25) is 0 Å². The minimum absolute atomic E-state index is 0.0186. The van der Waals surface area contributed by atoms with Gasteiger partial charge >= 0.3 is 0 Å². The van der Waals surface area contributed by atoms with Gasteiger partial charge in [-0.25, -0.2) is 0 Å². The summed E-state index contributed by atoms with van der Waals surface area (Å²) in [7, 11) is 0. The number of nitrogens with zero attached hydrogens (tertiary/aromatic N) is 3. The van der Waals surface area contributed by atoms with Crippen LogP contribution in [0.25, 0.3) is 10.4 Å². The van der Waals surface area contributed by atoms with Gasteiger partial charge in [-0.05, 0) is 28.8 Å². The molecular weight excluding hydrogens is 182 g/mol. The van der Waals surface area contributed by atoms with Crippen LogP contribution in [0.3, 0.4) is 0 Å². The fourth-order valence-corrected chi connectivity index (χ4v) is 2.59. The molecule has 1 aliphatic rings. The summed E-state index contributed by atoms with van der Waals surface area (Å²) in [6.45, 7) is 0. The lowest BCUT2D eigenvalue weighted by molar-refractivity contribution is 0.937. The standard InChI is InChI=1S/C9H9N3S/c10-12-11-9-8-4-2-1-3-7(8)5-6-13-9/h1-4,9H,5-6H2. The Morgan fingerprint density at radius 1 is 1.46 bits per heavy atom. The van der Waals surface area contributed by atoms with Crippen molar-refractivity contribution in [2.45, 2.75) is 11.8 Å². The molecule has 0 N–H and O–H groups in total. The molecule has 0 saturated carbocycles. The van der Waals surface area contributed by atoms with E-state index >= 15 is 0 Å². The van der Waals surface area contributed by atoms with Crippen LogP contribution in [0.4, 0.5) is 0 Å². The van der Waals surface area contributed by atoms with Gasteiger partial charge in [-0.1, -0.05) is 29.4 Å². The first-order valence-electron chi connectivity index (χ1n) is 4.15. The third-order valence-corrected chi connectivity index (χ3v) is 3.23. The normalized spacial score (nSPS) is 20.2. The maximum Gasteiger partial charge on any atom is 0.109 e. The lowest BCUT2D eigenvalue weighted by atomic mass is 10.1. The van der Waals surface area contributed by atoms with E-state index in [-0.39, 0.29) is 5.37 Å². The van der Waals surface area contributed by atoms with Crippen molar-refractivity contribution in [3.05, 3.63) is 45.8 Å². The first-order chi connectivity index (χ1) is 6.42. The summed E-state index contributed by atoms with van der Waals surface area (Å²) in [4.78, 5) is 2.86. The van der Waals surface area contributed by atoms with Crippen LogP contribution in [0.2, 0.25) is 0 Å². The Bertz CT molecular complexity index is 358. The molecule has 3 nitrogen and oxygen atoms in total. The molecule has 1 aliphatic heterocycles. The molecule has 4 heteroatoms. The molecule has 2 rings (SSSR count). The maximum atomic E-state index is 8.39. The van der Waals surface area contributed by atoms with Crippen molar-refractivity contribution < 1.29 is 0 Å². The molecule has 0 saturated heterocycles. The molecule has 1 unspecified atom stereocenters. The summed E-state index contributed by atoms with van der Waals surface area (Å²) in [5.41, 5.74) is 10.9. The predicted octanol–water partition coefficient (Wildman–Crippen LogP) is 3.28. The monoisotopic (exact) mass is 191 g/mol. The van der Waals surface area contributed by atoms with Crippen LogP contribution in [0, 0.1) is 0 Å². The van der Waals surface area contributed by atoms with Crippen molar-refractivity contribution in [2.75, 3.05) is 5.75 Å². The van der Waals surface area contributed by atoms with Crippen LogP contribution in [0.1, 0.15) is 16.5 Å². The molecule has 0 aliphatic carbocycles. The first kappa shape index (κ1) is 8.48. The third-order valence-electron chi connectivity index (χ3n) is 2.12. The van der Waals surface area contributed by atoms with E-state index in [4.69, 9.17) is 5.53 Å². The summed E-state index contributed by atoms with van der Waals surface area (Å²) < 4.78 is 0. The Labute approximate surface area is 80.8 Å². The number of fused-ring (bicyclic) bond motifs is 1. The van der Waals surface area contributed by atoms with E-state index in [1.165, 1.54) is 11.1 Å². The van der Waals surface area contributed by atoms with Crippen molar-refractivity contribution in [3.8, 4) is 0 Å². The summed E-state index contributed by atoms with van der Waals surface area (Å²) in [5, 5.41) is 3.75. The van der Waals surface area contributed by atoms with Crippen molar-refractivity contribution in [3.63, 3.8) is 0 Å². The van der Waals surface area contributed by atoms with Crippen molar-refractivity contribution >= 4 is 11.8 Å². The molecule has 0 fully saturated rings. The zero-order chi connectivity index (χ0) is 9.10. The highest BCUT2D eigenvalue weighted by atomic mass is 32.2. The average molecular weight is 191 g/mol. The Morgan fingerprint density at radius 3 is 3.15 bits per heavy atom. The number of benzene rings is 1. The molecule has 0 amide bonds. The highest BCUT2D eigenvalue weighted by Crippen LogP contribution is 2.37. The Hall–Kier alpha value is -1.12. The van der Waals surface area contributed by atoms with Crippen LogP contribution in [0.5, 0.6) is 0 Å². The number of rotatable bonds is 1. The molecule has 1 atom stereocenters. The van der Waals surface area contributed by atoms with E-state index in [1.807, 2.05) is 18.2 Å². The van der Waals surface area contributed by atoms with E-state index < -0.39 is 0 Å². The number of hydrogen-bond acceptors (Lipinski definition) is 2. The second-order valence-electron chi connectivity index (χ2n) is 2.88. The molecule has 0 aromatic heterocycles. The summed E-state index contributed by atoms with van der Waals surface area (Å²) >= 11 is 1.71. The van der Waals surface area contributed by atoms with Crippen molar-refractivity contribution in [2.24, 2.45) is 5.11 Å². The predicted molar refractivity (Wildman–Crippen MR) is 54.5 cm³/mol. The number of thioether (sulfide) groups is 1. The van der Waals surface area contributed by atoms with Crippen LogP contribution in [-0.2, 0) is 6.42 Å². The zero-order valence-corrected chi connectivity index (χ0v) is 7.87. The second-order valence-corrected chi connectivity index (χ2v) is 4.06. The van der Waals surface area contributed by atoms with E-state index in [0.29, 0.717) is 0 Å². The lowest BCUT2D eigenvalue weighted by Gasteiger charge is -2.20. The van der Waals surface area contributed by atoms with E-state index in [9.17, 15) is 0 Å². The van der Waals surface area contributed by atoms with Gasteiger partial charge in [0.1, 0.15) is 5.37 Å². The first-order valence-corrected chi connectivity index (χ1v) is 5.20. The number of azide groups is 1. The number of aryl methyl sites for hydroxylation is 1. The molecule has 1 aromatic carbocycles. The van der Waals surface area contributed by atoms with Crippen LogP contribution >= 0.6 is 11.8 Å². The van der Waals surface area contributed by atoms with Gasteiger partial charge in [0.15, 0.2) is 0 Å². The van der Waals surface area contributed by atoms with Crippen LogP contribution in [0.15, 0.2) is 29.4 Å². The van der Waals surface area contributed by atoms with Gasteiger partial charge in [0.2, 0.25) is 0 Å². The molecule has 1 aromatic rings. The molecule has 13 heavy (non-hydrogen) atoms. The van der Waals surface area contributed by atoms with Crippen molar-refractivity contribution in [1.29, 1.82) is 0 Å². The Kier molecular flexibility index (Phi) is 2.43. The third kappa shape index (κ3) is 1.64. The number of hydrogen-bond donors (Lipinski definition) is 0. The SMILES string of the molecule is [N-]=[N+]=NC1SCCc2ccccc21. The van der Waals surface area contributed by atoms with Gasteiger partial charge in [0.25, 0.3) is 0 Å². The van der Waals surface area contributed by atoms with Gasteiger partial charge in [-0.15, -0.1) is 11.8 Å². The Balaban J connectivity index is 2.42. The molecule has 0 radical (unpaired) electrons. The zero-order valence-electron chi connectivity index (χ0n) is 7.05. The average Bonchev–Trinajstić information content (AvgIpc) is 2.19. The lowest BCUT2D eigenvalue weighted by Crippen LogP contribution is -2.05. The topological polar surface area (TPSA) is 48.8 Å². The highest BCUT2D eigenvalue weighted by molar-refractivity contribution is 7.99. The quantitative estimate of drug-likeness (QED) is 0.381. The van der Waals surface area contributed by atoms with Gasteiger partial charge in [-0.2, -0.15) is 0 Å². The fourth-order valence-electron chi connectivity index (χ4n) is 1.52. The van der Waals surface area contributed by atoms with Gasteiger partial charge < -0.3 is 0 Å². The molecule has 0 bridgehead atoms. The highest BCUT2D eigenvalue weighted by Gasteiger charge is 2.18. The molecule has 1 heterocycles. The summed E-state index contributed by atoms with van der Waals surface area (Å²) in [6.07, 6.45) is 1.08. The molecule has 0 spiro atoms. The van der Waals surface area contributed by atoms with Crippen LogP contribution in [-0.4, -0.2) is 5.75 Å². The minimum atomic E-state index is -0.0186. The Morgan fingerprint density at radius 2 is 2.31 bits per heavy atom. The summed E-state index contributed by atoms with van der Waals surface area (Å²) in [5.74, 6) is 1.04. The van der Waals surface area contributed by atoms with Crippen molar-refractivity contribution in [1.82, 2.24) is 0 Å². The van der Waals surface area contributed by atoms with E-state index in [0.717, 1.165) is 12.2 Å². The minimum Gasteiger partial charge on any atom is -0.147 e. The summed E-state index contributed by atoms with van der Waals surface area (Å²) in [6, 6.07) is 8.17. The van der Waals surface area contributed by atoms with Gasteiger partial charge in [0, 0.05) is 4.91 Å². The maximum absolute atomic E-state index is 8.39. The largest absolute Gasteiger partial charge is 0.147 e. The smallest absolute Gasteiger partial charge is 0.109 e. The van der Waals surface area contributed by atoms with E-state index in [1.54, 1.807) is 11.8 Å². The fraction of sp³-hybridized carbons (Fsp3) is 0.333. The molecular formula is C9H9N3S. The van der Waals surface area contributed by atoms with Gasteiger partial charge in [0.05, 0.1) is 0 Å².